The molecule has 0 unspecified atom stereocenters. The lowest BCUT2D eigenvalue weighted by Gasteiger charge is -2.29. The van der Waals surface area contributed by atoms with E-state index in [0.717, 1.165) is 43.5 Å². The second-order valence-electron chi connectivity index (χ2n) is 9.54. The molecule has 1 aromatic carbocycles. The van der Waals surface area contributed by atoms with Crippen LogP contribution in [0.15, 0.2) is 77.4 Å². The first-order valence-electron chi connectivity index (χ1n) is 13.3. The van der Waals surface area contributed by atoms with Crippen LogP contribution < -0.4 is 14.4 Å². The topological polar surface area (TPSA) is 79.3 Å². The number of aliphatic hydroxyl groups is 1. The molecule has 0 radical (unpaired) electrons. The SMILES string of the molecule is C=C(CCCC)N(C(=O)/C(CC1=CCC=C(N2CCCCC2=O)C=C1)=C(\C)O)c1c(OC)cccc1OC. The molecule has 38 heavy (non-hydrogen) atoms. The number of allylic oxidation sites excluding steroid dienone is 7. The van der Waals surface area contributed by atoms with Crippen molar-refractivity contribution < 1.29 is 24.2 Å². The number of amides is 2. The van der Waals surface area contributed by atoms with Gasteiger partial charge in [0.25, 0.3) is 5.91 Å². The van der Waals surface area contributed by atoms with Crippen LogP contribution in [-0.2, 0) is 9.59 Å². The molecule has 1 heterocycles. The number of para-hydroxylation sites is 1. The number of hydrogen-bond donors (Lipinski definition) is 1. The van der Waals surface area contributed by atoms with E-state index in [1.54, 1.807) is 32.4 Å². The first-order chi connectivity index (χ1) is 18.3. The fraction of sp³-hybridized carbons (Fsp3) is 0.419. The van der Waals surface area contributed by atoms with Crippen molar-refractivity contribution in [1.82, 2.24) is 4.90 Å². The summed E-state index contributed by atoms with van der Waals surface area (Å²) in [4.78, 5) is 29.9. The van der Waals surface area contributed by atoms with Crippen molar-refractivity contribution in [3.8, 4) is 11.5 Å². The van der Waals surface area contributed by atoms with Crippen LogP contribution in [0.3, 0.4) is 0 Å². The smallest absolute Gasteiger partial charge is 0.262 e. The zero-order valence-electron chi connectivity index (χ0n) is 23.1. The average Bonchev–Trinajstić information content (AvgIpc) is 3.16. The zero-order valence-corrected chi connectivity index (χ0v) is 23.1. The Morgan fingerprint density at radius 2 is 1.84 bits per heavy atom. The number of methoxy groups -OCH3 is 2. The van der Waals surface area contributed by atoms with Crippen LogP contribution in [-0.4, -0.2) is 42.6 Å². The van der Waals surface area contributed by atoms with E-state index in [2.05, 4.69) is 13.5 Å². The summed E-state index contributed by atoms with van der Waals surface area (Å²) in [5.74, 6) is 0.643. The Labute approximate surface area is 226 Å². The van der Waals surface area contributed by atoms with E-state index in [1.165, 1.54) is 11.8 Å². The lowest BCUT2D eigenvalue weighted by Crippen LogP contribution is -2.33. The Morgan fingerprint density at radius 1 is 1.13 bits per heavy atom. The molecule has 1 aromatic rings. The van der Waals surface area contributed by atoms with Crippen molar-refractivity contribution in [2.75, 3.05) is 25.7 Å². The fourth-order valence-electron chi connectivity index (χ4n) is 4.71. The Morgan fingerprint density at radius 3 is 2.45 bits per heavy atom. The lowest BCUT2D eigenvalue weighted by molar-refractivity contribution is -0.130. The fourth-order valence-corrected chi connectivity index (χ4v) is 4.71. The minimum atomic E-state index is -0.383. The first kappa shape index (κ1) is 28.8. The van der Waals surface area contributed by atoms with Crippen molar-refractivity contribution in [3.05, 3.63) is 77.4 Å². The molecule has 1 N–H and O–H groups in total. The zero-order chi connectivity index (χ0) is 27.7. The van der Waals surface area contributed by atoms with Gasteiger partial charge in [0.2, 0.25) is 5.91 Å². The number of benzene rings is 1. The molecule has 1 aliphatic heterocycles. The van der Waals surface area contributed by atoms with E-state index in [4.69, 9.17) is 9.47 Å². The molecule has 1 aliphatic carbocycles. The van der Waals surface area contributed by atoms with E-state index in [9.17, 15) is 14.7 Å². The van der Waals surface area contributed by atoms with E-state index in [0.29, 0.717) is 42.1 Å². The van der Waals surface area contributed by atoms with Crippen LogP contribution in [0.25, 0.3) is 0 Å². The van der Waals surface area contributed by atoms with Crippen molar-refractivity contribution in [3.63, 3.8) is 0 Å². The van der Waals surface area contributed by atoms with E-state index in [1.807, 2.05) is 29.2 Å². The molecule has 204 valence electrons. The Balaban J connectivity index is 1.93. The highest BCUT2D eigenvalue weighted by molar-refractivity contribution is 6.10. The summed E-state index contributed by atoms with van der Waals surface area (Å²) in [6.07, 6.45) is 13.6. The number of piperidine rings is 1. The lowest BCUT2D eigenvalue weighted by atomic mass is 10.0. The maximum atomic E-state index is 14.2. The molecule has 2 aliphatic rings. The molecule has 7 nitrogen and oxygen atoms in total. The number of ether oxygens (including phenoxy) is 2. The quantitative estimate of drug-likeness (QED) is 0.258. The molecule has 3 rings (SSSR count). The number of anilines is 1. The highest BCUT2D eigenvalue weighted by Gasteiger charge is 2.30. The van der Waals surface area contributed by atoms with Crippen LogP contribution in [0.5, 0.6) is 11.5 Å². The van der Waals surface area contributed by atoms with Crippen molar-refractivity contribution in [1.29, 1.82) is 0 Å². The van der Waals surface area contributed by atoms with Gasteiger partial charge in [0, 0.05) is 30.8 Å². The van der Waals surface area contributed by atoms with Crippen LogP contribution in [0.4, 0.5) is 5.69 Å². The molecule has 0 atom stereocenters. The Kier molecular flexibility index (Phi) is 10.4. The monoisotopic (exact) mass is 520 g/mol. The van der Waals surface area contributed by atoms with Crippen LogP contribution in [0.2, 0.25) is 0 Å². The molecule has 1 saturated heterocycles. The summed E-state index contributed by atoms with van der Waals surface area (Å²) < 4.78 is 11.2. The molecule has 7 heteroatoms. The molecule has 1 fully saturated rings. The third-order valence-corrected chi connectivity index (χ3v) is 6.85. The minimum absolute atomic E-state index is 0.0601. The second kappa shape index (κ2) is 13.7. The highest BCUT2D eigenvalue weighted by Crippen LogP contribution is 2.41. The number of nitrogens with zero attached hydrogens (tertiary/aromatic N) is 2. The molecule has 0 bridgehead atoms. The predicted octanol–water partition coefficient (Wildman–Crippen LogP) is 6.75. The normalized spacial score (nSPS) is 16.2. The van der Waals surface area contributed by atoms with Gasteiger partial charge in [0.15, 0.2) is 0 Å². The Hall–Kier alpha value is -3.74. The van der Waals surface area contributed by atoms with Gasteiger partial charge in [-0.1, -0.05) is 44.2 Å². The van der Waals surface area contributed by atoms with Crippen molar-refractivity contribution >= 4 is 17.5 Å². The standard InChI is InChI=1S/C31H40N2O5/c1-6-7-12-22(2)33(30-27(37-4)15-11-16-28(30)38-5)31(36)26(23(3)34)21-24-13-10-14-25(19-18-24)32-20-9-8-17-29(32)35/h11,13-16,18-19,34H,2,6-10,12,17,20-21H2,1,3-5H3/b26-23+. The molecule has 2 amide bonds. The molecular weight excluding hydrogens is 480 g/mol. The van der Waals surface area contributed by atoms with Gasteiger partial charge in [-0.2, -0.15) is 0 Å². The second-order valence-corrected chi connectivity index (χ2v) is 9.54. The minimum Gasteiger partial charge on any atom is -0.512 e. The van der Waals surface area contributed by atoms with Crippen LogP contribution in [0.1, 0.15) is 65.2 Å². The van der Waals surface area contributed by atoms with Crippen LogP contribution >= 0.6 is 0 Å². The molecule has 0 saturated carbocycles. The van der Waals surface area contributed by atoms with Gasteiger partial charge < -0.3 is 19.5 Å². The van der Waals surface area contributed by atoms with Gasteiger partial charge >= 0.3 is 0 Å². The predicted molar refractivity (Wildman–Crippen MR) is 151 cm³/mol. The highest BCUT2D eigenvalue weighted by atomic mass is 16.5. The first-order valence-corrected chi connectivity index (χ1v) is 13.3. The Bertz CT molecular complexity index is 1150. The number of carbonyl (C=O) groups is 2. The van der Waals surface area contributed by atoms with Gasteiger partial charge in [-0.15, -0.1) is 0 Å². The van der Waals surface area contributed by atoms with Crippen molar-refractivity contribution in [2.45, 2.75) is 65.2 Å². The third-order valence-electron chi connectivity index (χ3n) is 6.85. The maximum absolute atomic E-state index is 14.2. The molecule has 0 spiro atoms. The summed E-state index contributed by atoms with van der Waals surface area (Å²) in [7, 11) is 3.09. The van der Waals surface area contributed by atoms with E-state index in [-0.39, 0.29) is 29.6 Å². The third kappa shape index (κ3) is 6.77. The number of hydrogen-bond acceptors (Lipinski definition) is 5. The summed E-state index contributed by atoms with van der Waals surface area (Å²) in [5, 5.41) is 10.7. The van der Waals surface area contributed by atoms with Gasteiger partial charge in [-0.05, 0) is 62.8 Å². The summed E-state index contributed by atoms with van der Waals surface area (Å²) in [6, 6.07) is 5.34. The van der Waals surface area contributed by atoms with Gasteiger partial charge in [0.1, 0.15) is 17.2 Å². The summed E-state index contributed by atoms with van der Waals surface area (Å²) >= 11 is 0. The van der Waals surface area contributed by atoms with E-state index < -0.39 is 0 Å². The number of likely N-dealkylation sites (tertiary alicyclic amines) is 1. The number of rotatable bonds is 11. The molecular formula is C31H40N2O5. The number of aliphatic hydroxyl groups excluding tert-OH is 1. The number of unbranched alkanes of at least 4 members (excludes halogenated alkanes) is 1. The van der Waals surface area contributed by atoms with Gasteiger partial charge in [-0.3, -0.25) is 14.5 Å². The van der Waals surface area contributed by atoms with E-state index >= 15 is 0 Å². The number of carbonyl (C=O) groups excluding carboxylic acids is 2. The van der Waals surface area contributed by atoms with Gasteiger partial charge in [-0.25, -0.2) is 0 Å². The molecule has 0 aromatic heterocycles. The van der Waals surface area contributed by atoms with Crippen molar-refractivity contribution in [2.24, 2.45) is 0 Å². The van der Waals surface area contributed by atoms with Gasteiger partial charge in [0.05, 0.1) is 25.6 Å². The maximum Gasteiger partial charge on any atom is 0.262 e. The summed E-state index contributed by atoms with van der Waals surface area (Å²) in [5.41, 5.74) is 3.07. The summed E-state index contributed by atoms with van der Waals surface area (Å²) in [6.45, 7) is 8.55. The average molecular weight is 521 g/mol. The largest absolute Gasteiger partial charge is 0.512 e. The van der Waals surface area contributed by atoms with Crippen LogP contribution in [0, 0.1) is 0 Å².